The Bertz CT molecular complexity index is 643. The molecule has 2 heteroatoms. The molecule has 1 fully saturated rings. The number of ether oxygens (including phenoxy) is 2. The summed E-state index contributed by atoms with van der Waals surface area (Å²) in [5.41, 5.74) is 2.91. The minimum atomic E-state index is 0.103. The molecule has 0 aromatic heterocycles. The first kappa shape index (κ1) is 22.1. The molecule has 0 N–H and O–H groups in total. The molecule has 0 radical (unpaired) electrons. The van der Waals surface area contributed by atoms with E-state index in [9.17, 15) is 0 Å². The van der Waals surface area contributed by atoms with Crippen LogP contribution in [0.1, 0.15) is 62.5 Å². The van der Waals surface area contributed by atoms with Crippen molar-refractivity contribution in [2.24, 2.45) is 17.3 Å². The summed E-state index contributed by atoms with van der Waals surface area (Å²) < 4.78 is 11.6. The maximum atomic E-state index is 5.80. The topological polar surface area (TPSA) is 18.5 Å². The first-order chi connectivity index (χ1) is 14.2. The SMILES string of the molecule is COCC(CCC(c1ccccc1)c1ccccc1)(COC)C1CCC(C)CC1. The van der Waals surface area contributed by atoms with Gasteiger partial charge in [0.25, 0.3) is 0 Å². The molecule has 0 aliphatic heterocycles. The largest absolute Gasteiger partial charge is 0.384 e. The van der Waals surface area contributed by atoms with Gasteiger partial charge in [-0.3, -0.25) is 0 Å². The third-order valence-corrected chi connectivity index (χ3v) is 7.08. The summed E-state index contributed by atoms with van der Waals surface area (Å²) in [7, 11) is 3.70. The van der Waals surface area contributed by atoms with E-state index in [2.05, 4.69) is 67.6 Å². The Labute approximate surface area is 177 Å². The minimum absolute atomic E-state index is 0.103. The number of hydrogen-bond donors (Lipinski definition) is 0. The number of methoxy groups -OCH3 is 2. The number of benzene rings is 2. The van der Waals surface area contributed by atoms with Gasteiger partial charge in [0.05, 0.1) is 13.2 Å². The molecule has 0 amide bonds. The second-order valence-corrected chi connectivity index (χ2v) is 9.10. The van der Waals surface area contributed by atoms with Gasteiger partial charge in [0, 0.05) is 25.6 Å². The van der Waals surface area contributed by atoms with Crippen molar-refractivity contribution in [1.29, 1.82) is 0 Å². The molecule has 1 aliphatic carbocycles. The van der Waals surface area contributed by atoms with Crippen LogP contribution in [0.15, 0.2) is 60.7 Å². The lowest BCUT2D eigenvalue weighted by Gasteiger charge is -2.44. The van der Waals surface area contributed by atoms with E-state index in [1.165, 1.54) is 36.8 Å². The highest BCUT2D eigenvalue weighted by Gasteiger charge is 2.40. The van der Waals surface area contributed by atoms with Crippen LogP contribution >= 0.6 is 0 Å². The van der Waals surface area contributed by atoms with Gasteiger partial charge in [-0.2, -0.15) is 0 Å². The lowest BCUT2D eigenvalue weighted by molar-refractivity contribution is -0.0511. The summed E-state index contributed by atoms with van der Waals surface area (Å²) in [4.78, 5) is 0. The van der Waals surface area contributed by atoms with Crippen LogP contribution in [0, 0.1) is 17.3 Å². The van der Waals surface area contributed by atoms with Crippen LogP contribution in [0.25, 0.3) is 0 Å². The fraction of sp³-hybridized carbons (Fsp3) is 0.556. The fourth-order valence-electron chi connectivity index (χ4n) is 5.40. The van der Waals surface area contributed by atoms with Gasteiger partial charge in [-0.1, -0.05) is 80.4 Å². The summed E-state index contributed by atoms with van der Waals surface area (Å²) >= 11 is 0. The zero-order chi connectivity index (χ0) is 20.5. The molecule has 1 saturated carbocycles. The molecule has 0 atom stereocenters. The molecule has 0 heterocycles. The molecule has 3 rings (SSSR count). The van der Waals surface area contributed by atoms with Crippen molar-refractivity contribution in [2.75, 3.05) is 27.4 Å². The highest BCUT2D eigenvalue weighted by Crippen LogP contribution is 2.46. The van der Waals surface area contributed by atoms with Gasteiger partial charge in [-0.25, -0.2) is 0 Å². The highest BCUT2D eigenvalue weighted by molar-refractivity contribution is 5.32. The molecule has 2 aromatic rings. The van der Waals surface area contributed by atoms with Crippen molar-refractivity contribution in [3.8, 4) is 0 Å². The Balaban J connectivity index is 1.84. The van der Waals surface area contributed by atoms with Gasteiger partial charge in [-0.15, -0.1) is 0 Å². The third kappa shape index (κ3) is 5.71. The molecular formula is C27H38O2. The average molecular weight is 395 g/mol. The van der Waals surface area contributed by atoms with Crippen LogP contribution in [0.4, 0.5) is 0 Å². The smallest absolute Gasteiger partial charge is 0.0543 e. The van der Waals surface area contributed by atoms with E-state index in [1.807, 2.05) is 14.2 Å². The van der Waals surface area contributed by atoms with Gasteiger partial charge in [0.1, 0.15) is 0 Å². The summed E-state index contributed by atoms with van der Waals surface area (Å²) in [5.74, 6) is 1.95. The molecule has 0 bridgehead atoms. The molecule has 2 aromatic carbocycles. The van der Waals surface area contributed by atoms with Crippen molar-refractivity contribution < 1.29 is 9.47 Å². The molecule has 0 spiro atoms. The Morgan fingerprint density at radius 2 is 1.28 bits per heavy atom. The van der Waals surface area contributed by atoms with E-state index < -0.39 is 0 Å². The van der Waals surface area contributed by atoms with Crippen LogP contribution < -0.4 is 0 Å². The normalized spacial score (nSPS) is 20.1. The van der Waals surface area contributed by atoms with Crippen LogP contribution in [-0.2, 0) is 9.47 Å². The summed E-state index contributed by atoms with van der Waals surface area (Å²) in [5, 5.41) is 0. The second-order valence-electron chi connectivity index (χ2n) is 9.10. The first-order valence-corrected chi connectivity index (χ1v) is 11.3. The van der Waals surface area contributed by atoms with Crippen molar-refractivity contribution in [3.63, 3.8) is 0 Å². The Kier molecular flexibility index (Phi) is 8.32. The van der Waals surface area contributed by atoms with Crippen LogP contribution in [-0.4, -0.2) is 27.4 Å². The van der Waals surface area contributed by atoms with E-state index in [-0.39, 0.29) is 5.41 Å². The van der Waals surface area contributed by atoms with E-state index in [1.54, 1.807) is 0 Å². The predicted molar refractivity (Wildman–Crippen MR) is 121 cm³/mol. The summed E-state index contributed by atoms with van der Waals surface area (Å²) in [6.07, 6.45) is 7.51. The predicted octanol–water partition coefficient (Wildman–Crippen LogP) is 6.70. The van der Waals surface area contributed by atoms with Gasteiger partial charge in [0.2, 0.25) is 0 Å². The minimum Gasteiger partial charge on any atom is -0.384 e. The van der Waals surface area contributed by atoms with Gasteiger partial charge < -0.3 is 9.47 Å². The van der Waals surface area contributed by atoms with E-state index in [4.69, 9.17) is 9.47 Å². The number of rotatable bonds is 10. The molecule has 2 nitrogen and oxygen atoms in total. The first-order valence-electron chi connectivity index (χ1n) is 11.3. The van der Waals surface area contributed by atoms with Gasteiger partial charge in [-0.05, 0) is 48.6 Å². The van der Waals surface area contributed by atoms with Crippen molar-refractivity contribution in [3.05, 3.63) is 71.8 Å². The Morgan fingerprint density at radius 1 is 0.793 bits per heavy atom. The molecular weight excluding hydrogens is 356 g/mol. The Hall–Kier alpha value is -1.64. The standard InChI is InChI=1S/C27H38O2/c1-22-14-16-25(17-15-22)27(20-28-2,21-29-3)19-18-26(23-10-6-4-7-11-23)24-12-8-5-9-13-24/h4-13,22,25-26H,14-21H2,1-3H3. The van der Waals surface area contributed by atoms with E-state index in [0.29, 0.717) is 11.8 Å². The molecule has 1 aliphatic rings. The van der Waals surface area contributed by atoms with Crippen LogP contribution in [0.3, 0.4) is 0 Å². The van der Waals surface area contributed by atoms with E-state index in [0.717, 1.165) is 32.0 Å². The van der Waals surface area contributed by atoms with Crippen molar-refractivity contribution in [2.45, 2.75) is 51.4 Å². The van der Waals surface area contributed by atoms with Crippen molar-refractivity contribution >= 4 is 0 Å². The zero-order valence-electron chi connectivity index (χ0n) is 18.5. The number of hydrogen-bond acceptors (Lipinski definition) is 2. The van der Waals surface area contributed by atoms with Gasteiger partial charge >= 0.3 is 0 Å². The molecule has 0 saturated heterocycles. The lowest BCUT2D eigenvalue weighted by atomic mass is 9.64. The van der Waals surface area contributed by atoms with Crippen molar-refractivity contribution in [1.82, 2.24) is 0 Å². The second kappa shape index (κ2) is 10.9. The Morgan fingerprint density at radius 3 is 1.72 bits per heavy atom. The quantitative estimate of drug-likeness (QED) is 0.446. The lowest BCUT2D eigenvalue weighted by Crippen LogP contribution is -2.41. The average Bonchev–Trinajstić information content (AvgIpc) is 2.76. The maximum Gasteiger partial charge on any atom is 0.0543 e. The highest BCUT2D eigenvalue weighted by atomic mass is 16.5. The fourth-order valence-corrected chi connectivity index (χ4v) is 5.40. The summed E-state index contributed by atoms with van der Waals surface area (Å²) in [6, 6.07) is 21.9. The zero-order valence-corrected chi connectivity index (χ0v) is 18.5. The van der Waals surface area contributed by atoms with Crippen LogP contribution in [0.2, 0.25) is 0 Å². The summed E-state index contributed by atoms with van der Waals surface area (Å²) in [6.45, 7) is 3.97. The molecule has 0 unspecified atom stereocenters. The third-order valence-electron chi connectivity index (χ3n) is 7.08. The molecule has 158 valence electrons. The monoisotopic (exact) mass is 394 g/mol. The molecule has 29 heavy (non-hydrogen) atoms. The van der Waals surface area contributed by atoms with Crippen LogP contribution in [0.5, 0.6) is 0 Å². The van der Waals surface area contributed by atoms with E-state index >= 15 is 0 Å². The maximum absolute atomic E-state index is 5.80. The van der Waals surface area contributed by atoms with Gasteiger partial charge in [0.15, 0.2) is 0 Å².